The first-order valence-electron chi connectivity index (χ1n) is 12.3. The summed E-state index contributed by atoms with van der Waals surface area (Å²) in [5, 5.41) is 3.92. The number of carbonyl (C=O) groups is 1. The third-order valence-corrected chi connectivity index (χ3v) is 6.38. The Morgan fingerprint density at radius 2 is 1.61 bits per heavy atom. The summed E-state index contributed by atoms with van der Waals surface area (Å²) in [4.78, 5) is 31.8. The first kappa shape index (κ1) is 24.8. The van der Waals surface area contributed by atoms with Crippen LogP contribution in [0.3, 0.4) is 0 Å². The minimum absolute atomic E-state index is 0.136. The number of fused-ring (bicyclic) bond motifs is 2. The Labute approximate surface area is 221 Å². The summed E-state index contributed by atoms with van der Waals surface area (Å²) in [5.41, 5.74) is 5.57. The predicted octanol–water partition coefficient (Wildman–Crippen LogP) is 6.73. The molecule has 38 heavy (non-hydrogen) atoms. The molecule has 0 radical (unpaired) electrons. The van der Waals surface area contributed by atoms with Crippen LogP contribution in [0.4, 0.5) is 22.9 Å². The van der Waals surface area contributed by atoms with Crippen molar-refractivity contribution < 1.29 is 4.79 Å². The average Bonchev–Trinajstić information content (AvgIpc) is 3.28. The number of nitrogens with zero attached hydrogens (tertiary/aromatic N) is 5. The second kappa shape index (κ2) is 10.6. The second-order valence-corrected chi connectivity index (χ2v) is 9.50. The highest BCUT2D eigenvalue weighted by molar-refractivity contribution is 6.08. The summed E-state index contributed by atoms with van der Waals surface area (Å²) in [6, 6.07) is 25.0. The van der Waals surface area contributed by atoms with Crippen LogP contribution in [0.1, 0.15) is 29.8 Å². The molecule has 0 atom stereocenters. The number of pyridine rings is 3. The molecule has 1 N–H and O–H groups in total. The monoisotopic (exact) mass is 500 g/mol. The first-order chi connectivity index (χ1) is 18.4. The van der Waals surface area contributed by atoms with Gasteiger partial charge in [0.2, 0.25) is 0 Å². The van der Waals surface area contributed by atoms with Crippen LogP contribution in [-0.4, -0.2) is 34.1 Å². The van der Waals surface area contributed by atoms with Crippen molar-refractivity contribution in [1.82, 2.24) is 15.0 Å². The molecule has 3 aromatic heterocycles. The van der Waals surface area contributed by atoms with Gasteiger partial charge in [-0.2, -0.15) is 0 Å². The lowest BCUT2D eigenvalue weighted by atomic mass is 9.87. The normalized spacial score (nSPS) is 12.8. The molecular formula is C31H28N6O. The molecule has 1 aliphatic heterocycles. The number of anilines is 3. The van der Waals surface area contributed by atoms with Crippen molar-refractivity contribution in [1.29, 1.82) is 0 Å². The molecule has 5 aromatic rings. The Kier molecular flexibility index (Phi) is 6.91. The minimum atomic E-state index is -0.220. The number of hydrogen-bond donors (Lipinski definition) is 1. The van der Waals surface area contributed by atoms with Gasteiger partial charge >= 0.3 is 0 Å². The Morgan fingerprint density at radius 1 is 0.842 bits per heavy atom. The molecule has 188 valence electrons. The first-order valence-corrected chi connectivity index (χ1v) is 12.3. The maximum Gasteiger partial charge on any atom is 0.259 e. The average molecular weight is 501 g/mol. The highest BCUT2D eigenvalue weighted by atomic mass is 16.1. The Bertz CT molecular complexity index is 1610. The molecule has 0 unspecified atom stereocenters. The summed E-state index contributed by atoms with van der Waals surface area (Å²) in [5.74, 6) is 0.353. The van der Waals surface area contributed by atoms with Gasteiger partial charge in [0, 0.05) is 60.2 Å². The van der Waals surface area contributed by atoms with Crippen molar-refractivity contribution in [2.45, 2.75) is 19.3 Å². The van der Waals surface area contributed by atoms with Crippen molar-refractivity contribution in [3.63, 3.8) is 0 Å². The molecule has 0 saturated carbocycles. The van der Waals surface area contributed by atoms with E-state index in [1.54, 1.807) is 36.9 Å². The fraction of sp³-hybridized carbons (Fsp3) is 0.129. The van der Waals surface area contributed by atoms with Gasteiger partial charge in [-0.05, 0) is 60.2 Å². The standard InChI is InChI=1S/C21H17N5O.C10H11N/c1-26(17-8-12-22-13-9-17)20-18(5-3-11-24-20)21(27)25-16-6-7-19-15(14-16)4-2-10-23-19;1-10(2)7-11-9-6-4-3-5-8(9)10/h2-14H,1H3,(H,25,27);3-7H,1-2H3. The van der Waals surface area contributed by atoms with Crippen LogP contribution in [0.15, 0.2) is 109 Å². The second-order valence-electron chi connectivity index (χ2n) is 9.50. The number of hydrogen-bond acceptors (Lipinski definition) is 6. The van der Waals surface area contributed by atoms with Crippen molar-refractivity contribution in [2.75, 3.05) is 17.3 Å². The summed E-state index contributed by atoms with van der Waals surface area (Å²) in [6.45, 7) is 4.37. The van der Waals surface area contributed by atoms with E-state index in [0.717, 1.165) is 22.3 Å². The van der Waals surface area contributed by atoms with Crippen LogP contribution in [-0.2, 0) is 5.41 Å². The topological polar surface area (TPSA) is 83.4 Å². The number of para-hydroxylation sites is 1. The highest BCUT2D eigenvalue weighted by Gasteiger charge is 2.25. The number of amides is 1. The van der Waals surface area contributed by atoms with Crippen LogP contribution in [0.2, 0.25) is 0 Å². The third-order valence-electron chi connectivity index (χ3n) is 6.38. The van der Waals surface area contributed by atoms with Gasteiger partial charge < -0.3 is 10.2 Å². The van der Waals surface area contributed by atoms with E-state index in [4.69, 9.17) is 0 Å². The van der Waals surface area contributed by atoms with Crippen molar-refractivity contribution in [3.05, 3.63) is 115 Å². The molecule has 1 amide bonds. The zero-order valence-electron chi connectivity index (χ0n) is 21.5. The van der Waals surface area contributed by atoms with Crippen molar-refractivity contribution in [3.8, 4) is 0 Å². The van der Waals surface area contributed by atoms with E-state index in [2.05, 4.69) is 57.3 Å². The number of carbonyl (C=O) groups excluding carboxylic acids is 1. The molecule has 6 rings (SSSR count). The number of benzene rings is 2. The van der Waals surface area contributed by atoms with E-state index in [1.165, 1.54) is 5.56 Å². The Balaban J connectivity index is 0.000000222. The molecular weight excluding hydrogens is 472 g/mol. The molecule has 0 bridgehead atoms. The van der Waals surface area contributed by atoms with Gasteiger partial charge in [0.25, 0.3) is 5.91 Å². The fourth-order valence-corrected chi connectivity index (χ4v) is 4.31. The third kappa shape index (κ3) is 5.27. The number of nitrogens with one attached hydrogen (secondary N) is 1. The zero-order valence-corrected chi connectivity index (χ0v) is 21.5. The molecule has 4 heterocycles. The van der Waals surface area contributed by atoms with E-state index >= 15 is 0 Å². The SMILES string of the molecule is CC1(C)C=Nc2ccccc21.CN(c1ccncc1)c1ncccc1C(=O)Nc1ccc2ncccc2c1. The van der Waals surface area contributed by atoms with E-state index in [-0.39, 0.29) is 11.3 Å². The van der Waals surface area contributed by atoms with Crippen LogP contribution < -0.4 is 10.2 Å². The lowest BCUT2D eigenvalue weighted by Crippen LogP contribution is -2.19. The van der Waals surface area contributed by atoms with E-state index in [0.29, 0.717) is 17.1 Å². The molecule has 0 spiro atoms. The van der Waals surface area contributed by atoms with Crippen LogP contribution in [0.5, 0.6) is 0 Å². The summed E-state index contributed by atoms with van der Waals surface area (Å²) in [7, 11) is 1.87. The number of rotatable bonds is 4. The summed E-state index contributed by atoms with van der Waals surface area (Å²) < 4.78 is 0. The maximum atomic E-state index is 12.9. The van der Waals surface area contributed by atoms with Gasteiger partial charge in [0.1, 0.15) is 5.82 Å². The minimum Gasteiger partial charge on any atom is -0.329 e. The molecule has 0 aliphatic carbocycles. The number of aromatic nitrogens is 3. The fourth-order valence-electron chi connectivity index (χ4n) is 4.31. The van der Waals surface area contributed by atoms with E-state index < -0.39 is 0 Å². The lowest BCUT2D eigenvalue weighted by Gasteiger charge is -2.20. The summed E-state index contributed by atoms with van der Waals surface area (Å²) in [6.07, 6.45) is 8.84. The Hall–Kier alpha value is -4.91. The highest BCUT2D eigenvalue weighted by Crippen LogP contribution is 2.35. The van der Waals surface area contributed by atoms with Gasteiger partial charge in [0.15, 0.2) is 0 Å². The Morgan fingerprint density at radius 3 is 2.42 bits per heavy atom. The van der Waals surface area contributed by atoms with Gasteiger partial charge in [-0.1, -0.05) is 38.1 Å². The van der Waals surface area contributed by atoms with E-state index in [9.17, 15) is 4.79 Å². The quantitative estimate of drug-likeness (QED) is 0.296. The lowest BCUT2D eigenvalue weighted by molar-refractivity contribution is 0.102. The smallest absolute Gasteiger partial charge is 0.259 e. The van der Waals surface area contributed by atoms with Crippen LogP contribution >= 0.6 is 0 Å². The van der Waals surface area contributed by atoms with Gasteiger partial charge in [-0.3, -0.25) is 19.8 Å². The van der Waals surface area contributed by atoms with Gasteiger partial charge in [-0.25, -0.2) is 4.98 Å². The van der Waals surface area contributed by atoms with Crippen molar-refractivity contribution >= 4 is 45.9 Å². The van der Waals surface area contributed by atoms with Gasteiger partial charge in [-0.15, -0.1) is 0 Å². The zero-order chi connectivity index (χ0) is 26.5. The molecule has 7 heteroatoms. The molecule has 2 aromatic carbocycles. The van der Waals surface area contributed by atoms with Crippen LogP contribution in [0, 0.1) is 0 Å². The molecule has 0 fully saturated rings. The van der Waals surface area contributed by atoms with E-state index in [1.807, 2.05) is 66.7 Å². The predicted molar refractivity (Wildman–Crippen MR) is 154 cm³/mol. The summed E-state index contributed by atoms with van der Waals surface area (Å²) >= 11 is 0. The molecule has 0 saturated heterocycles. The molecule has 1 aliphatic rings. The van der Waals surface area contributed by atoms with Crippen LogP contribution in [0.25, 0.3) is 10.9 Å². The number of aliphatic imine (C=N–C) groups is 1. The largest absolute Gasteiger partial charge is 0.329 e. The van der Waals surface area contributed by atoms with Crippen molar-refractivity contribution in [2.24, 2.45) is 4.99 Å². The molecule has 7 nitrogen and oxygen atoms in total. The van der Waals surface area contributed by atoms with Gasteiger partial charge in [0.05, 0.1) is 16.8 Å². The maximum absolute atomic E-state index is 12.9.